The van der Waals surface area contributed by atoms with Crippen LogP contribution in [0, 0.1) is 10.1 Å². The molecular formula is C20H31N3O5. The molecule has 1 aromatic rings. The Kier molecular flexibility index (Phi) is 8.66. The fourth-order valence-electron chi connectivity index (χ4n) is 3.75. The number of anilines is 1. The number of methoxy groups -OCH3 is 2. The zero-order chi connectivity index (χ0) is 20.5. The summed E-state index contributed by atoms with van der Waals surface area (Å²) in [5.41, 5.74) is 0.342. The van der Waals surface area contributed by atoms with E-state index in [0.717, 1.165) is 25.7 Å². The molecule has 1 atom stereocenters. The number of nitrogens with one attached hydrogen (secondary N) is 1. The lowest BCUT2D eigenvalue weighted by molar-refractivity contribution is -0.384. The molecule has 0 saturated heterocycles. The van der Waals surface area contributed by atoms with E-state index >= 15 is 0 Å². The van der Waals surface area contributed by atoms with Crippen molar-refractivity contribution in [3.05, 3.63) is 34.4 Å². The predicted octanol–water partition coefficient (Wildman–Crippen LogP) is 3.25. The van der Waals surface area contributed by atoms with Crippen LogP contribution in [0.15, 0.2) is 24.3 Å². The van der Waals surface area contributed by atoms with Crippen LogP contribution in [0.2, 0.25) is 0 Å². The maximum absolute atomic E-state index is 13.1. The molecule has 1 aliphatic carbocycles. The van der Waals surface area contributed by atoms with Crippen molar-refractivity contribution in [2.24, 2.45) is 0 Å². The fourth-order valence-corrected chi connectivity index (χ4v) is 3.75. The molecule has 1 amide bonds. The van der Waals surface area contributed by atoms with E-state index < -0.39 is 17.3 Å². The third-order valence-electron chi connectivity index (χ3n) is 5.28. The highest BCUT2D eigenvalue weighted by Crippen LogP contribution is 2.30. The van der Waals surface area contributed by atoms with Gasteiger partial charge in [0.25, 0.3) is 5.69 Å². The summed E-state index contributed by atoms with van der Waals surface area (Å²) in [5, 5.41) is 14.7. The minimum Gasteiger partial charge on any atom is -0.354 e. The lowest BCUT2D eigenvalue weighted by Crippen LogP contribution is -2.52. The molecule has 0 aliphatic heterocycles. The average molecular weight is 393 g/mol. The van der Waals surface area contributed by atoms with Crippen molar-refractivity contribution in [3.8, 4) is 0 Å². The molecule has 8 heteroatoms. The molecule has 0 bridgehead atoms. The highest BCUT2D eigenvalue weighted by Gasteiger charge is 2.32. The average Bonchev–Trinajstić information content (AvgIpc) is 2.71. The molecule has 0 aromatic heterocycles. The van der Waals surface area contributed by atoms with E-state index in [0.29, 0.717) is 12.1 Å². The Labute approximate surface area is 166 Å². The summed E-state index contributed by atoms with van der Waals surface area (Å²) >= 11 is 0. The molecule has 1 N–H and O–H groups in total. The highest BCUT2D eigenvalue weighted by molar-refractivity contribution is 5.86. The van der Waals surface area contributed by atoms with Crippen LogP contribution in [0.5, 0.6) is 0 Å². The first kappa shape index (κ1) is 22.1. The smallest absolute Gasteiger partial charge is 0.292 e. The second kappa shape index (κ2) is 11.0. The molecule has 8 nitrogen and oxygen atoms in total. The van der Waals surface area contributed by atoms with E-state index in [-0.39, 0.29) is 24.2 Å². The van der Waals surface area contributed by atoms with E-state index in [1.807, 2.05) is 6.92 Å². The molecule has 0 spiro atoms. The lowest BCUT2D eigenvalue weighted by Gasteiger charge is -2.35. The summed E-state index contributed by atoms with van der Waals surface area (Å²) in [4.78, 5) is 26.0. The molecule has 0 heterocycles. The quantitative estimate of drug-likeness (QED) is 0.373. The van der Waals surface area contributed by atoms with Crippen LogP contribution in [-0.2, 0) is 14.3 Å². The van der Waals surface area contributed by atoms with Crippen molar-refractivity contribution in [1.29, 1.82) is 0 Å². The minimum atomic E-state index is -0.614. The molecular weight excluding hydrogens is 362 g/mol. The zero-order valence-electron chi connectivity index (χ0n) is 16.9. The monoisotopic (exact) mass is 393 g/mol. The molecule has 1 saturated carbocycles. The second-order valence-corrected chi connectivity index (χ2v) is 7.07. The van der Waals surface area contributed by atoms with Gasteiger partial charge in [0.05, 0.1) is 11.5 Å². The highest BCUT2D eigenvalue weighted by atomic mass is 16.7. The Bertz CT molecular complexity index is 644. The summed E-state index contributed by atoms with van der Waals surface area (Å²) in [7, 11) is 3.02. The zero-order valence-corrected chi connectivity index (χ0v) is 16.9. The maximum atomic E-state index is 13.1. The molecule has 0 radical (unpaired) electrons. The number of nitrogens with zero attached hydrogens (tertiary/aromatic N) is 2. The predicted molar refractivity (Wildman–Crippen MR) is 107 cm³/mol. The van der Waals surface area contributed by atoms with Crippen molar-refractivity contribution in [2.45, 2.75) is 63.8 Å². The number of benzene rings is 1. The molecule has 1 aliphatic rings. The fraction of sp³-hybridized carbons (Fsp3) is 0.650. The van der Waals surface area contributed by atoms with Gasteiger partial charge in [0.2, 0.25) is 5.91 Å². The second-order valence-electron chi connectivity index (χ2n) is 7.07. The van der Waals surface area contributed by atoms with E-state index in [2.05, 4.69) is 5.32 Å². The summed E-state index contributed by atoms with van der Waals surface area (Å²) < 4.78 is 10.6. The summed E-state index contributed by atoms with van der Waals surface area (Å²) in [5.74, 6) is -0.112. The summed E-state index contributed by atoms with van der Waals surface area (Å²) in [6.45, 7) is 2.11. The number of ether oxygens (including phenoxy) is 2. The number of para-hydroxylation sites is 2. The van der Waals surface area contributed by atoms with Gasteiger partial charge in [0, 0.05) is 26.3 Å². The van der Waals surface area contributed by atoms with Gasteiger partial charge < -0.3 is 19.7 Å². The van der Waals surface area contributed by atoms with Crippen LogP contribution < -0.4 is 10.2 Å². The minimum absolute atomic E-state index is 0.0441. The number of amides is 1. The number of hydrogen-bond donors (Lipinski definition) is 1. The van der Waals surface area contributed by atoms with Crippen molar-refractivity contribution in [3.63, 3.8) is 0 Å². The van der Waals surface area contributed by atoms with Crippen molar-refractivity contribution >= 4 is 17.3 Å². The van der Waals surface area contributed by atoms with Gasteiger partial charge in [-0.05, 0) is 25.3 Å². The Morgan fingerprint density at radius 2 is 1.89 bits per heavy atom. The van der Waals surface area contributed by atoms with Gasteiger partial charge in [-0.1, -0.05) is 38.3 Å². The number of rotatable bonds is 10. The largest absolute Gasteiger partial charge is 0.354 e. The van der Waals surface area contributed by atoms with Gasteiger partial charge in [-0.15, -0.1) is 0 Å². The number of carbonyl (C=O) groups is 1. The van der Waals surface area contributed by atoms with E-state index in [4.69, 9.17) is 9.47 Å². The third-order valence-corrected chi connectivity index (χ3v) is 5.28. The van der Waals surface area contributed by atoms with E-state index in [9.17, 15) is 14.9 Å². The molecule has 1 unspecified atom stereocenters. The molecule has 2 rings (SSSR count). The molecule has 28 heavy (non-hydrogen) atoms. The topological polar surface area (TPSA) is 93.9 Å². The maximum Gasteiger partial charge on any atom is 0.292 e. The number of carbonyl (C=O) groups excluding carboxylic acids is 1. The Hall–Kier alpha value is -2.19. The van der Waals surface area contributed by atoms with Gasteiger partial charge in [0.15, 0.2) is 6.29 Å². The first-order valence-corrected chi connectivity index (χ1v) is 9.87. The van der Waals surface area contributed by atoms with Crippen LogP contribution in [0.3, 0.4) is 0 Å². The Morgan fingerprint density at radius 3 is 2.46 bits per heavy atom. The first-order valence-electron chi connectivity index (χ1n) is 9.87. The summed E-state index contributed by atoms with van der Waals surface area (Å²) in [6.07, 6.45) is 5.28. The third kappa shape index (κ3) is 5.65. The SMILES string of the molecule is CCC(C(=O)NC1CCCCC1)N(CC(OC)OC)c1ccccc1[N+](=O)[O-]. The molecule has 1 fully saturated rings. The van der Waals surface area contributed by atoms with Gasteiger partial charge in [-0.3, -0.25) is 14.9 Å². The lowest BCUT2D eigenvalue weighted by atomic mass is 9.95. The number of hydrogen-bond acceptors (Lipinski definition) is 6. The van der Waals surface area contributed by atoms with Gasteiger partial charge >= 0.3 is 0 Å². The van der Waals surface area contributed by atoms with E-state index in [1.54, 1.807) is 23.1 Å². The van der Waals surface area contributed by atoms with Crippen LogP contribution in [-0.4, -0.2) is 50.0 Å². The normalized spacial score (nSPS) is 16.0. The first-order chi connectivity index (χ1) is 13.5. The number of nitro benzene ring substituents is 1. The van der Waals surface area contributed by atoms with E-state index in [1.165, 1.54) is 26.7 Å². The van der Waals surface area contributed by atoms with Crippen molar-refractivity contribution in [2.75, 3.05) is 25.7 Å². The van der Waals surface area contributed by atoms with Gasteiger partial charge in [-0.25, -0.2) is 0 Å². The Morgan fingerprint density at radius 1 is 1.25 bits per heavy atom. The Balaban J connectivity index is 2.32. The van der Waals surface area contributed by atoms with Crippen LogP contribution in [0.25, 0.3) is 0 Å². The molecule has 156 valence electrons. The number of nitro groups is 1. The van der Waals surface area contributed by atoms with Gasteiger partial charge in [-0.2, -0.15) is 0 Å². The summed E-state index contributed by atoms with van der Waals surface area (Å²) in [6, 6.07) is 6.07. The van der Waals surface area contributed by atoms with Gasteiger partial charge in [0.1, 0.15) is 11.7 Å². The molecule has 1 aromatic carbocycles. The standard InChI is InChI=1S/C20H31N3O5/c1-4-16(20(24)21-15-10-6-5-7-11-15)22(14-19(27-2)28-3)17-12-8-9-13-18(17)23(25)26/h8-9,12-13,15-16,19H,4-7,10-11,14H2,1-3H3,(H,21,24). The van der Waals surface area contributed by atoms with Crippen LogP contribution in [0.4, 0.5) is 11.4 Å². The van der Waals surface area contributed by atoms with Crippen molar-refractivity contribution < 1.29 is 19.2 Å². The van der Waals surface area contributed by atoms with Crippen LogP contribution >= 0.6 is 0 Å². The van der Waals surface area contributed by atoms with Crippen LogP contribution in [0.1, 0.15) is 45.4 Å². The van der Waals surface area contributed by atoms with Crippen molar-refractivity contribution in [1.82, 2.24) is 5.32 Å².